The van der Waals surface area contributed by atoms with Crippen LogP contribution < -0.4 is 0 Å². The molecule has 0 bridgehead atoms. The van der Waals surface area contributed by atoms with Crippen LogP contribution in [0.3, 0.4) is 0 Å². The van der Waals surface area contributed by atoms with Crippen molar-refractivity contribution in [2.24, 2.45) is 0 Å². The molecule has 0 aromatic heterocycles. The second-order valence-electron chi connectivity index (χ2n) is 1.35. The predicted octanol–water partition coefficient (Wildman–Crippen LogP) is 0.0353. The van der Waals surface area contributed by atoms with Gasteiger partial charge in [-0.25, -0.2) is 0 Å². The average Bonchev–Trinajstić information content (AvgIpc) is 1.61. The molecule has 0 aromatic rings. The molecular weight excluding hydrogens is 90.9 g/mol. The Kier molecular flexibility index (Phi) is 3.75. The fraction of sp³-hybridized carbons (Fsp3) is 0.500. The van der Waals surface area contributed by atoms with Crippen LogP contribution in [0, 0.1) is 0 Å². The van der Waals surface area contributed by atoms with Crippen LogP contribution in [0.15, 0.2) is 12.7 Å². The molecule has 2 nitrogen and oxygen atoms in total. The van der Waals surface area contributed by atoms with Crippen LogP contribution in [0.4, 0.5) is 0 Å². The third-order valence-corrected chi connectivity index (χ3v) is 0.629. The molecule has 0 aromatic carbocycles. The zero-order chi connectivity index (χ0) is 5.70. The topological polar surface area (TPSA) is 40.5 Å². The second-order valence-corrected chi connectivity index (χ2v) is 1.35. The molecular formula is C4H9BO2. The largest absolute Gasteiger partial charge is 0.451 e. The molecule has 0 spiro atoms. The summed E-state index contributed by atoms with van der Waals surface area (Å²) in [6.07, 6.45) is 2.71. The Morgan fingerprint density at radius 1 is 1.57 bits per heavy atom. The van der Waals surface area contributed by atoms with Crippen molar-refractivity contribution in [1.82, 2.24) is 0 Å². The Morgan fingerprint density at radius 2 is 2.14 bits per heavy atom. The van der Waals surface area contributed by atoms with E-state index in [2.05, 4.69) is 6.58 Å². The highest BCUT2D eigenvalue weighted by Gasteiger charge is 2.01. The zero-order valence-electron chi connectivity index (χ0n) is 4.17. The first kappa shape index (κ1) is 6.72. The summed E-state index contributed by atoms with van der Waals surface area (Å²) in [5.41, 5.74) is 0. The van der Waals surface area contributed by atoms with Gasteiger partial charge in [0.15, 0.2) is 0 Å². The fourth-order valence-corrected chi connectivity index (χ4v) is 0.267. The molecule has 40 valence electrons. The fourth-order valence-electron chi connectivity index (χ4n) is 0.267. The smallest absolute Gasteiger partial charge is 0.427 e. The lowest BCUT2D eigenvalue weighted by atomic mass is 9.85. The lowest BCUT2D eigenvalue weighted by Gasteiger charge is -1.89. The van der Waals surface area contributed by atoms with Crippen LogP contribution in [-0.2, 0) is 0 Å². The molecule has 0 rings (SSSR count). The molecule has 0 aliphatic rings. The first-order chi connectivity index (χ1) is 3.27. The van der Waals surface area contributed by atoms with E-state index in [1.54, 1.807) is 6.08 Å². The molecule has 0 unspecified atom stereocenters. The van der Waals surface area contributed by atoms with E-state index in [9.17, 15) is 0 Å². The monoisotopic (exact) mass is 100 g/mol. The Morgan fingerprint density at radius 3 is 2.29 bits per heavy atom. The third-order valence-electron chi connectivity index (χ3n) is 0.629. The maximum atomic E-state index is 8.19. The summed E-state index contributed by atoms with van der Waals surface area (Å²) < 4.78 is 0. The van der Waals surface area contributed by atoms with Crippen molar-refractivity contribution in [3.05, 3.63) is 12.7 Å². The minimum absolute atomic E-state index is 0.392. The predicted molar refractivity (Wildman–Crippen MR) is 29.8 cm³/mol. The van der Waals surface area contributed by atoms with Crippen LogP contribution in [-0.4, -0.2) is 17.2 Å². The van der Waals surface area contributed by atoms with E-state index in [0.717, 1.165) is 0 Å². The molecule has 0 saturated heterocycles. The van der Waals surface area contributed by atoms with Gasteiger partial charge in [-0.15, -0.1) is 6.58 Å². The number of hydrogen-bond acceptors (Lipinski definition) is 2. The van der Waals surface area contributed by atoms with E-state index < -0.39 is 7.12 Å². The Bertz CT molecular complexity index is 53.7. The van der Waals surface area contributed by atoms with Gasteiger partial charge in [-0.3, -0.25) is 0 Å². The van der Waals surface area contributed by atoms with Gasteiger partial charge in [-0.2, -0.15) is 0 Å². The summed E-state index contributed by atoms with van der Waals surface area (Å²) >= 11 is 0. The highest BCUT2D eigenvalue weighted by Crippen LogP contribution is 1.90. The third kappa shape index (κ3) is 5.72. The number of hydrogen-bond donors (Lipinski definition) is 2. The lowest BCUT2D eigenvalue weighted by Crippen LogP contribution is -2.08. The van der Waals surface area contributed by atoms with Crippen molar-refractivity contribution >= 4 is 7.12 Å². The van der Waals surface area contributed by atoms with Gasteiger partial charge >= 0.3 is 7.12 Å². The standard InChI is InChI=1S/C4H9BO2/c1-2-3-4-5(6)7/h2,6-7H,1,3-4H2. The van der Waals surface area contributed by atoms with Crippen molar-refractivity contribution in [1.29, 1.82) is 0 Å². The van der Waals surface area contributed by atoms with Gasteiger partial charge in [-0.1, -0.05) is 6.08 Å². The van der Waals surface area contributed by atoms with Gasteiger partial charge < -0.3 is 10.0 Å². The summed E-state index contributed by atoms with van der Waals surface area (Å²) in [6.45, 7) is 3.41. The van der Waals surface area contributed by atoms with Gasteiger partial charge in [0.25, 0.3) is 0 Å². The van der Waals surface area contributed by atoms with Gasteiger partial charge in [0, 0.05) is 0 Å². The molecule has 0 fully saturated rings. The van der Waals surface area contributed by atoms with Crippen molar-refractivity contribution in [3.8, 4) is 0 Å². The van der Waals surface area contributed by atoms with Crippen LogP contribution in [0.2, 0.25) is 6.32 Å². The van der Waals surface area contributed by atoms with Crippen LogP contribution in [0.5, 0.6) is 0 Å². The Balaban J connectivity index is 2.81. The molecule has 2 N–H and O–H groups in total. The average molecular weight is 99.9 g/mol. The number of rotatable bonds is 3. The van der Waals surface area contributed by atoms with Crippen LogP contribution >= 0.6 is 0 Å². The quantitative estimate of drug-likeness (QED) is 0.388. The van der Waals surface area contributed by atoms with E-state index in [1.807, 2.05) is 0 Å². The van der Waals surface area contributed by atoms with Gasteiger partial charge in [0.2, 0.25) is 0 Å². The number of allylic oxidation sites excluding steroid dienone is 1. The Labute approximate surface area is 43.6 Å². The summed E-state index contributed by atoms with van der Waals surface area (Å²) in [7, 11) is -1.17. The summed E-state index contributed by atoms with van der Waals surface area (Å²) in [6, 6.07) is 0. The highest BCUT2D eigenvalue weighted by molar-refractivity contribution is 6.40. The van der Waals surface area contributed by atoms with Crippen LogP contribution in [0.25, 0.3) is 0 Å². The molecule has 0 radical (unpaired) electrons. The van der Waals surface area contributed by atoms with Gasteiger partial charge in [-0.05, 0) is 12.7 Å². The molecule has 3 heteroatoms. The molecule has 0 saturated carbocycles. The first-order valence-electron chi connectivity index (χ1n) is 2.24. The summed E-state index contributed by atoms with van der Waals surface area (Å²) in [5.74, 6) is 0. The van der Waals surface area contributed by atoms with Crippen molar-refractivity contribution in [2.45, 2.75) is 12.7 Å². The van der Waals surface area contributed by atoms with Gasteiger partial charge in [0.1, 0.15) is 0 Å². The minimum atomic E-state index is -1.17. The van der Waals surface area contributed by atoms with Crippen molar-refractivity contribution < 1.29 is 10.0 Å². The SMILES string of the molecule is C=CCCB(O)O. The Hall–Kier alpha value is -0.275. The minimum Gasteiger partial charge on any atom is -0.427 e. The molecule has 0 amide bonds. The molecule has 0 atom stereocenters. The molecule has 0 aliphatic heterocycles. The van der Waals surface area contributed by atoms with Crippen molar-refractivity contribution in [2.75, 3.05) is 0 Å². The summed E-state index contributed by atoms with van der Waals surface area (Å²) in [4.78, 5) is 0. The highest BCUT2D eigenvalue weighted by atomic mass is 16.4. The van der Waals surface area contributed by atoms with E-state index in [-0.39, 0.29) is 0 Å². The zero-order valence-corrected chi connectivity index (χ0v) is 4.17. The second kappa shape index (κ2) is 3.90. The lowest BCUT2D eigenvalue weighted by molar-refractivity contribution is 0.406. The molecule has 0 heterocycles. The first-order valence-corrected chi connectivity index (χ1v) is 2.24. The maximum absolute atomic E-state index is 8.19. The van der Waals surface area contributed by atoms with Gasteiger partial charge in [0.05, 0.1) is 0 Å². The van der Waals surface area contributed by atoms with Crippen molar-refractivity contribution in [3.63, 3.8) is 0 Å². The molecule has 0 aliphatic carbocycles. The van der Waals surface area contributed by atoms with Crippen LogP contribution in [0.1, 0.15) is 6.42 Å². The normalized spacial score (nSPS) is 8.29. The van der Waals surface area contributed by atoms with E-state index in [4.69, 9.17) is 10.0 Å². The van der Waals surface area contributed by atoms with E-state index in [1.165, 1.54) is 0 Å². The molecule has 7 heavy (non-hydrogen) atoms. The maximum Gasteiger partial charge on any atom is 0.451 e. The van der Waals surface area contributed by atoms with E-state index in [0.29, 0.717) is 12.7 Å². The summed E-state index contributed by atoms with van der Waals surface area (Å²) in [5, 5.41) is 16.4. The van der Waals surface area contributed by atoms with E-state index >= 15 is 0 Å².